The largest absolute Gasteiger partial charge is 0.363 e. The van der Waals surface area contributed by atoms with Crippen LogP contribution in [0.15, 0.2) is 18.2 Å². The number of anilines is 1. The zero-order valence-electron chi connectivity index (χ0n) is 11.0. The van der Waals surface area contributed by atoms with Gasteiger partial charge in [-0.1, -0.05) is 11.6 Å². The van der Waals surface area contributed by atoms with Gasteiger partial charge in [-0.15, -0.1) is 0 Å². The molecule has 0 aromatic heterocycles. The average molecular weight is 295 g/mol. The number of rotatable bonds is 4. The van der Waals surface area contributed by atoms with Gasteiger partial charge in [-0.25, -0.2) is 0 Å². The minimum atomic E-state index is -0.400. The Balaban J connectivity index is 2.07. The van der Waals surface area contributed by atoms with Crippen LogP contribution < -0.4 is 4.90 Å². The van der Waals surface area contributed by atoms with Crippen molar-refractivity contribution >= 4 is 23.0 Å². The maximum absolute atomic E-state index is 11.1. The zero-order valence-corrected chi connectivity index (χ0v) is 11.7. The Morgan fingerprint density at radius 2 is 2.05 bits per heavy atom. The van der Waals surface area contributed by atoms with E-state index in [0.29, 0.717) is 30.2 Å². The van der Waals surface area contributed by atoms with Gasteiger partial charge in [-0.2, -0.15) is 5.26 Å². The van der Waals surface area contributed by atoms with Gasteiger partial charge in [-0.3, -0.25) is 15.0 Å². The smallest absolute Gasteiger partial charge is 0.294 e. The van der Waals surface area contributed by atoms with E-state index in [0.717, 1.165) is 19.6 Å². The molecule has 20 heavy (non-hydrogen) atoms. The number of piperazine rings is 1. The average Bonchev–Trinajstić information content (AvgIpc) is 2.45. The predicted molar refractivity (Wildman–Crippen MR) is 77.0 cm³/mol. The molecule has 7 heteroatoms. The fraction of sp³-hybridized carbons (Fsp3) is 0.462. The van der Waals surface area contributed by atoms with Crippen molar-refractivity contribution in [2.75, 3.05) is 37.6 Å². The first-order valence-electron chi connectivity index (χ1n) is 6.40. The van der Waals surface area contributed by atoms with Gasteiger partial charge >= 0.3 is 0 Å². The molecule has 0 spiro atoms. The molecule has 0 atom stereocenters. The van der Waals surface area contributed by atoms with Crippen LogP contribution in [0, 0.1) is 21.4 Å². The Morgan fingerprint density at radius 3 is 2.65 bits per heavy atom. The number of halogens is 1. The Morgan fingerprint density at radius 1 is 1.35 bits per heavy atom. The number of hydrogen-bond donors (Lipinski definition) is 0. The van der Waals surface area contributed by atoms with Crippen molar-refractivity contribution in [1.29, 1.82) is 5.26 Å². The summed E-state index contributed by atoms with van der Waals surface area (Å²) in [6, 6.07) is 6.89. The van der Waals surface area contributed by atoms with Crippen LogP contribution in [0.3, 0.4) is 0 Å². The SMILES string of the molecule is N#CCCN1CCN(c2ccc(Cl)cc2[N+](=O)[O-])CC1. The van der Waals surface area contributed by atoms with Crippen LogP contribution in [-0.4, -0.2) is 42.5 Å². The number of benzene rings is 1. The van der Waals surface area contributed by atoms with E-state index in [4.69, 9.17) is 16.9 Å². The molecule has 1 saturated heterocycles. The van der Waals surface area contributed by atoms with Crippen LogP contribution in [0.5, 0.6) is 0 Å². The Kier molecular flexibility index (Phi) is 4.77. The second-order valence-corrected chi connectivity index (χ2v) is 5.06. The first kappa shape index (κ1) is 14.6. The van der Waals surface area contributed by atoms with E-state index in [1.54, 1.807) is 12.1 Å². The third kappa shape index (κ3) is 3.38. The van der Waals surface area contributed by atoms with E-state index in [-0.39, 0.29) is 5.69 Å². The summed E-state index contributed by atoms with van der Waals surface area (Å²) in [6.45, 7) is 3.80. The van der Waals surface area contributed by atoms with E-state index in [9.17, 15) is 10.1 Å². The summed E-state index contributed by atoms with van der Waals surface area (Å²) in [6.07, 6.45) is 0.515. The Labute approximate surface area is 122 Å². The summed E-state index contributed by atoms with van der Waals surface area (Å²) in [5.74, 6) is 0. The van der Waals surface area contributed by atoms with Crippen LogP contribution in [0.1, 0.15) is 6.42 Å². The summed E-state index contributed by atoms with van der Waals surface area (Å²) in [4.78, 5) is 14.9. The minimum Gasteiger partial charge on any atom is -0.363 e. The van der Waals surface area contributed by atoms with Crippen LogP contribution >= 0.6 is 11.6 Å². The Hall–Kier alpha value is -1.84. The van der Waals surface area contributed by atoms with Crippen LogP contribution in [0.25, 0.3) is 0 Å². The maximum Gasteiger partial charge on any atom is 0.294 e. The van der Waals surface area contributed by atoms with Gasteiger partial charge in [0.2, 0.25) is 0 Å². The molecular weight excluding hydrogens is 280 g/mol. The molecule has 0 radical (unpaired) electrons. The fourth-order valence-corrected chi connectivity index (χ4v) is 2.50. The van der Waals surface area contributed by atoms with E-state index in [1.165, 1.54) is 6.07 Å². The lowest BCUT2D eigenvalue weighted by atomic mass is 10.2. The maximum atomic E-state index is 11.1. The first-order chi connectivity index (χ1) is 9.61. The van der Waals surface area contributed by atoms with Crippen molar-refractivity contribution in [3.8, 4) is 6.07 Å². The van der Waals surface area contributed by atoms with Gasteiger partial charge in [0, 0.05) is 50.2 Å². The van der Waals surface area contributed by atoms with Crippen molar-refractivity contribution in [1.82, 2.24) is 4.90 Å². The van der Waals surface area contributed by atoms with E-state index < -0.39 is 4.92 Å². The van der Waals surface area contributed by atoms with Crippen molar-refractivity contribution < 1.29 is 4.92 Å². The summed E-state index contributed by atoms with van der Waals surface area (Å²) >= 11 is 5.82. The molecule has 106 valence electrons. The highest BCUT2D eigenvalue weighted by Gasteiger charge is 2.23. The molecule has 0 saturated carbocycles. The number of nitro benzene ring substituents is 1. The zero-order chi connectivity index (χ0) is 14.5. The molecule has 1 aliphatic heterocycles. The topological polar surface area (TPSA) is 73.4 Å². The van der Waals surface area contributed by atoms with E-state index >= 15 is 0 Å². The van der Waals surface area contributed by atoms with Crippen molar-refractivity contribution in [2.45, 2.75) is 6.42 Å². The molecule has 1 aromatic carbocycles. The predicted octanol–water partition coefficient (Wildman–Crippen LogP) is 2.28. The van der Waals surface area contributed by atoms with Gasteiger partial charge < -0.3 is 4.90 Å². The highest BCUT2D eigenvalue weighted by Crippen LogP contribution is 2.31. The molecule has 1 fully saturated rings. The molecule has 1 aliphatic rings. The third-order valence-corrected chi connectivity index (χ3v) is 3.62. The van der Waals surface area contributed by atoms with Crippen LogP contribution in [-0.2, 0) is 0 Å². The second kappa shape index (κ2) is 6.55. The number of nitrogens with zero attached hydrogens (tertiary/aromatic N) is 4. The summed E-state index contributed by atoms with van der Waals surface area (Å²) < 4.78 is 0. The fourth-order valence-electron chi connectivity index (χ4n) is 2.33. The van der Waals surface area contributed by atoms with Crippen molar-refractivity contribution in [2.24, 2.45) is 0 Å². The van der Waals surface area contributed by atoms with Gasteiger partial charge in [-0.05, 0) is 12.1 Å². The highest BCUT2D eigenvalue weighted by molar-refractivity contribution is 6.30. The van der Waals surface area contributed by atoms with Crippen LogP contribution in [0.4, 0.5) is 11.4 Å². The standard InChI is InChI=1S/C13H15ClN4O2/c14-11-2-3-12(13(10-11)18(19)20)17-8-6-16(7-9-17)5-1-4-15/h2-3,10H,1,5-9H2. The summed E-state index contributed by atoms with van der Waals surface area (Å²) in [5, 5.41) is 20.0. The molecular formula is C13H15ClN4O2. The second-order valence-electron chi connectivity index (χ2n) is 4.63. The highest BCUT2D eigenvalue weighted by atomic mass is 35.5. The third-order valence-electron chi connectivity index (χ3n) is 3.39. The first-order valence-corrected chi connectivity index (χ1v) is 6.78. The molecule has 0 amide bonds. The van der Waals surface area contributed by atoms with Crippen LogP contribution in [0.2, 0.25) is 5.02 Å². The molecule has 0 unspecified atom stereocenters. The van der Waals surface area contributed by atoms with E-state index in [1.807, 2.05) is 4.90 Å². The number of nitriles is 1. The molecule has 2 rings (SSSR count). The lowest BCUT2D eigenvalue weighted by Gasteiger charge is -2.35. The summed E-state index contributed by atoms with van der Waals surface area (Å²) in [5.41, 5.74) is 0.655. The van der Waals surface area contributed by atoms with E-state index in [2.05, 4.69) is 11.0 Å². The normalized spacial score (nSPS) is 15.9. The quantitative estimate of drug-likeness (QED) is 0.629. The van der Waals surface area contributed by atoms with Gasteiger partial charge in [0.15, 0.2) is 0 Å². The molecule has 0 bridgehead atoms. The van der Waals surface area contributed by atoms with Crippen molar-refractivity contribution in [3.05, 3.63) is 33.3 Å². The monoisotopic (exact) mass is 294 g/mol. The molecule has 6 nitrogen and oxygen atoms in total. The van der Waals surface area contributed by atoms with Gasteiger partial charge in [0.05, 0.1) is 11.0 Å². The van der Waals surface area contributed by atoms with Gasteiger partial charge in [0.25, 0.3) is 5.69 Å². The van der Waals surface area contributed by atoms with Crippen molar-refractivity contribution in [3.63, 3.8) is 0 Å². The lowest BCUT2D eigenvalue weighted by molar-refractivity contribution is -0.384. The number of hydrogen-bond acceptors (Lipinski definition) is 5. The van der Waals surface area contributed by atoms with Gasteiger partial charge in [0.1, 0.15) is 5.69 Å². The lowest BCUT2D eigenvalue weighted by Crippen LogP contribution is -2.46. The molecule has 0 aliphatic carbocycles. The number of nitro groups is 1. The molecule has 0 N–H and O–H groups in total. The minimum absolute atomic E-state index is 0.0444. The summed E-state index contributed by atoms with van der Waals surface area (Å²) in [7, 11) is 0. The molecule has 1 heterocycles. The molecule has 1 aromatic rings. The Bertz CT molecular complexity index is 536.